The predicted octanol–water partition coefficient (Wildman–Crippen LogP) is 11.2. The standard InChI is InChI=1S/C53H60O6/c1-7-32-13-15-48(54)38(17-32)27-40-19-34(9-3)21-42(50(40)56)29-44-23-36(11-5)25-46(52(44)58)31-47-26-37(12-6)24-45(53(47)59)30-43-22-35(10-4)20-41(51(43)57)28-39-18-33(8-2)14-16-49(39)55/h13-26,54-59H,7-12,27-31H2,1-6H3. The number of phenols is 6. The van der Waals surface area contributed by atoms with E-state index in [1.807, 2.05) is 72.8 Å². The van der Waals surface area contributed by atoms with Crippen molar-refractivity contribution in [3.05, 3.63) is 174 Å². The first-order chi connectivity index (χ1) is 28.4. The van der Waals surface area contributed by atoms with E-state index < -0.39 is 0 Å². The van der Waals surface area contributed by atoms with Gasteiger partial charge in [0.2, 0.25) is 0 Å². The molecule has 0 spiro atoms. The van der Waals surface area contributed by atoms with Crippen LogP contribution in [0.4, 0.5) is 0 Å². The number of benzene rings is 6. The summed E-state index contributed by atoms with van der Waals surface area (Å²) in [4.78, 5) is 0. The van der Waals surface area contributed by atoms with Crippen molar-refractivity contribution in [1.29, 1.82) is 0 Å². The molecule has 0 aromatic heterocycles. The van der Waals surface area contributed by atoms with Crippen LogP contribution in [-0.2, 0) is 70.6 Å². The largest absolute Gasteiger partial charge is 0.508 e. The maximum atomic E-state index is 11.9. The molecule has 0 saturated carbocycles. The summed E-state index contributed by atoms with van der Waals surface area (Å²) in [5.41, 5.74) is 13.6. The van der Waals surface area contributed by atoms with Gasteiger partial charge in [-0.1, -0.05) is 114 Å². The number of hydrogen-bond acceptors (Lipinski definition) is 6. The van der Waals surface area contributed by atoms with Gasteiger partial charge in [-0.05, 0) is 140 Å². The van der Waals surface area contributed by atoms with Crippen molar-refractivity contribution in [2.75, 3.05) is 0 Å². The Bertz CT molecular complexity index is 2290. The zero-order valence-corrected chi connectivity index (χ0v) is 35.5. The topological polar surface area (TPSA) is 121 Å². The average molecular weight is 793 g/mol. The molecule has 0 bridgehead atoms. The van der Waals surface area contributed by atoms with Crippen LogP contribution >= 0.6 is 0 Å². The summed E-state index contributed by atoms with van der Waals surface area (Å²) in [5.74, 6) is 0.992. The van der Waals surface area contributed by atoms with Crippen LogP contribution in [0.25, 0.3) is 0 Å². The van der Waals surface area contributed by atoms with Gasteiger partial charge in [-0.25, -0.2) is 0 Å². The Balaban J connectivity index is 1.34. The van der Waals surface area contributed by atoms with Crippen molar-refractivity contribution in [3.63, 3.8) is 0 Å². The fraction of sp³-hybridized carbons (Fsp3) is 0.321. The molecular weight excluding hydrogens is 733 g/mol. The van der Waals surface area contributed by atoms with Crippen molar-refractivity contribution < 1.29 is 30.6 Å². The highest BCUT2D eigenvalue weighted by Crippen LogP contribution is 2.39. The summed E-state index contributed by atoms with van der Waals surface area (Å²) in [6, 6.07) is 27.3. The molecule has 0 amide bonds. The molecule has 6 N–H and O–H groups in total. The first kappa shape index (κ1) is 42.7. The Morgan fingerprint density at radius 3 is 0.644 bits per heavy atom. The van der Waals surface area contributed by atoms with E-state index in [9.17, 15) is 30.6 Å². The summed E-state index contributed by atoms with van der Waals surface area (Å²) in [6.45, 7) is 12.4. The van der Waals surface area contributed by atoms with Gasteiger partial charge in [0.1, 0.15) is 34.5 Å². The highest BCUT2D eigenvalue weighted by Gasteiger charge is 2.20. The van der Waals surface area contributed by atoms with Gasteiger partial charge in [-0.3, -0.25) is 0 Å². The van der Waals surface area contributed by atoms with Crippen LogP contribution in [-0.4, -0.2) is 30.6 Å². The number of aryl methyl sites for hydroxylation is 6. The third-order valence-electron chi connectivity index (χ3n) is 12.0. The summed E-state index contributed by atoms with van der Waals surface area (Å²) in [5, 5.41) is 68.5. The Labute approximate surface area is 350 Å². The number of aromatic hydroxyl groups is 6. The molecule has 0 aliphatic rings. The van der Waals surface area contributed by atoms with Crippen molar-refractivity contribution in [2.24, 2.45) is 0 Å². The maximum Gasteiger partial charge on any atom is 0.122 e. The van der Waals surface area contributed by atoms with Gasteiger partial charge in [-0.2, -0.15) is 0 Å². The van der Waals surface area contributed by atoms with Gasteiger partial charge in [0.15, 0.2) is 0 Å². The molecule has 6 nitrogen and oxygen atoms in total. The van der Waals surface area contributed by atoms with Crippen molar-refractivity contribution in [1.82, 2.24) is 0 Å². The predicted molar refractivity (Wildman–Crippen MR) is 239 cm³/mol. The lowest BCUT2D eigenvalue weighted by Gasteiger charge is -2.18. The van der Waals surface area contributed by atoms with Crippen LogP contribution in [0.5, 0.6) is 34.5 Å². The van der Waals surface area contributed by atoms with E-state index in [0.29, 0.717) is 59.1 Å². The van der Waals surface area contributed by atoms with Crippen LogP contribution in [0.2, 0.25) is 0 Å². The SMILES string of the molecule is CCc1ccc(O)c(Cc2cc(CC)cc(Cc3cc(CC)cc(Cc4cc(CC)cc(Cc5cc(CC)cc(Cc6cc(CC)ccc6O)c5O)c4O)c3O)c2O)c1. The van der Waals surface area contributed by atoms with E-state index in [0.717, 1.165) is 94.2 Å². The van der Waals surface area contributed by atoms with Gasteiger partial charge in [0, 0.05) is 32.1 Å². The van der Waals surface area contributed by atoms with Crippen LogP contribution in [0.15, 0.2) is 84.9 Å². The quantitative estimate of drug-likeness (QED) is 0.0580. The molecule has 308 valence electrons. The molecule has 0 unspecified atom stereocenters. The summed E-state index contributed by atoms with van der Waals surface area (Å²) >= 11 is 0. The third-order valence-corrected chi connectivity index (χ3v) is 12.0. The first-order valence-electron chi connectivity index (χ1n) is 21.3. The normalized spacial score (nSPS) is 11.4. The Kier molecular flexibility index (Phi) is 13.6. The van der Waals surface area contributed by atoms with Gasteiger partial charge >= 0.3 is 0 Å². The smallest absolute Gasteiger partial charge is 0.122 e. The average Bonchev–Trinajstić information content (AvgIpc) is 3.24. The molecule has 0 radical (unpaired) electrons. The van der Waals surface area contributed by atoms with Crippen LogP contribution < -0.4 is 0 Å². The molecule has 0 heterocycles. The van der Waals surface area contributed by atoms with Crippen LogP contribution in [0, 0.1) is 0 Å². The van der Waals surface area contributed by atoms with Crippen molar-refractivity contribution in [3.8, 4) is 34.5 Å². The summed E-state index contributed by atoms with van der Waals surface area (Å²) < 4.78 is 0. The number of hydrogen-bond donors (Lipinski definition) is 6. The van der Waals surface area contributed by atoms with Gasteiger partial charge < -0.3 is 30.6 Å². The highest BCUT2D eigenvalue weighted by molar-refractivity contribution is 5.57. The lowest BCUT2D eigenvalue weighted by atomic mass is 9.89. The van der Waals surface area contributed by atoms with E-state index in [2.05, 4.69) is 41.5 Å². The lowest BCUT2D eigenvalue weighted by molar-refractivity contribution is 0.452. The van der Waals surface area contributed by atoms with E-state index in [4.69, 9.17) is 0 Å². The minimum atomic E-state index is 0.134. The second-order valence-electron chi connectivity index (χ2n) is 16.0. The van der Waals surface area contributed by atoms with Crippen molar-refractivity contribution in [2.45, 2.75) is 112 Å². The zero-order valence-electron chi connectivity index (χ0n) is 35.5. The number of phenolic OH excluding ortho intramolecular Hbond substituents is 6. The Hall–Kier alpha value is -5.88. The second-order valence-corrected chi connectivity index (χ2v) is 16.0. The molecule has 6 rings (SSSR count). The van der Waals surface area contributed by atoms with E-state index in [1.165, 1.54) is 0 Å². The first-order valence-corrected chi connectivity index (χ1v) is 21.3. The van der Waals surface area contributed by atoms with E-state index in [1.54, 1.807) is 12.1 Å². The summed E-state index contributed by atoms with van der Waals surface area (Å²) in [6.07, 6.45) is 6.36. The third kappa shape index (κ3) is 9.71. The molecule has 6 aromatic carbocycles. The molecule has 59 heavy (non-hydrogen) atoms. The van der Waals surface area contributed by atoms with Gasteiger partial charge in [0.05, 0.1) is 0 Å². The molecule has 0 aliphatic carbocycles. The van der Waals surface area contributed by atoms with Crippen LogP contribution in [0.1, 0.15) is 131 Å². The maximum absolute atomic E-state index is 11.9. The summed E-state index contributed by atoms with van der Waals surface area (Å²) in [7, 11) is 0. The van der Waals surface area contributed by atoms with Crippen LogP contribution in [0.3, 0.4) is 0 Å². The van der Waals surface area contributed by atoms with E-state index in [-0.39, 0.29) is 40.9 Å². The molecule has 6 aromatic rings. The molecule has 0 saturated heterocycles. The molecular formula is C53H60O6. The Morgan fingerprint density at radius 2 is 0.441 bits per heavy atom. The minimum absolute atomic E-state index is 0.134. The molecule has 0 fully saturated rings. The van der Waals surface area contributed by atoms with E-state index >= 15 is 0 Å². The monoisotopic (exact) mass is 792 g/mol. The molecule has 0 atom stereocenters. The fourth-order valence-corrected chi connectivity index (χ4v) is 8.25. The molecule has 0 aliphatic heterocycles. The lowest BCUT2D eigenvalue weighted by Crippen LogP contribution is -2.03. The second kappa shape index (κ2) is 18.8. The zero-order chi connectivity index (χ0) is 42.4. The van der Waals surface area contributed by atoms with Crippen molar-refractivity contribution >= 4 is 0 Å². The molecule has 6 heteroatoms. The van der Waals surface area contributed by atoms with Gasteiger partial charge in [-0.15, -0.1) is 0 Å². The Morgan fingerprint density at radius 1 is 0.254 bits per heavy atom. The minimum Gasteiger partial charge on any atom is -0.508 e. The van der Waals surface area contributed by atoms with Gasteiger partial charge in [0.25, 0.3) is 0 Å². The number of rotatable bonds is 16. The fourth-order valence-electron chi connectivity index (χ4n) is 8.25. The highest BCUT2D eigenvalue weighted by atomic mass is 16.3.